The summed E-state index contributed by atoms with van der Waals surface area (Å²) >= 11 is 6.09. The lowest BCUT2D eigenvalue weighted by atomic mass is 10.1. The molecule has 0 unspecified atom stereocenters. The zero-order valence-corrected chi connectivity index (χ0v) is 18.0. The normalized spacial score (nSPS) is 11.0. The Morgan fingerprint density at radius 1 is 1.10 bits per heavy atom. The second kappa shape index (κ2) is 9.76. The van der Waals surface area contributed by atoms with Gasteiger partial charge >= 0.3 is 5.97 Å². The quantitative estimate of drug-likeness (QED) is 0.637. The minimum atomic E-state index is -3.67. The fraction of sp³-hybridized carbons (Fsp3) is 0.300. The molecule has 0 aliphatic heterocycles. The number of rotatable bonds is 8. The van der Waals surface area contributed by atoms with Crippen molar-refractivity contribution in [3.8, 4) is 0 Å². The average Bonchev–Trinajstić information content (AvgIpc) is 2.65. The third-order valence-corrected chi connectivity index (χ3v) is 5.52. The molecule has 0 radical (unpaired) electrons. The molecule has 2 aromatic rings. The van der Waals surface area contributed by atoms with Gasteiger partial charge < -0.3 is 10.1 Å². The monoisotopic (exact) mass is 438 g/mol. The molecule has 2 rings (SSSR count). The molecule has 0 aliphatic carbocycles. The molecule has 0 atom stereocenters. The molecule has 0 aliphatic rings. The Labute approximate surface area is 175 Å². The molecule has 7 nitrogen and oxygen atoms in total. The van der Waals surface area contributed by atoms with Gasteiger partial charge in [-0.25, -0.2) is 13.2 Å². The van der Waals surface area contributed by atoms with Crippen LogP contribution in [0.5, 0.6) is 0 Å². The van der Waals surface area contributed by atoms with Gasteiger partial charge in [-0.05, 0) is 49.2 Å². The summed E-state index contributed by atoms with van der Waals surface area (Å²) in [5.41, 5.74) is 1.97. The van der Waals surface area contributed by atoms with E-state index < -0.39 is 28.4 Å². The van der Waals surface area contributed by atoms with E-state index in [1.807, 2.05) is 19.1 Å². The standard InChI is InChI=1S/C20H23ClN2O5S/c1-4-14-6-9-16(10-7-14)23(29(3,26)27)13-19(24)22-15-8-11-17(18(21)12-15)20(25)28-5-2/h6-12H,4-5,13H2,1-3H3,(H,22,24). The van der Waals surface area contributed by atoms with Crippen LogP contribution in [-0.2, 0) is 26.0 Å². The molecule has 0 saturated carbocycles. The van der Waals surface area contributed by atoms with E-state index >= 15 is 0 Å². The minimum absolute atomic E-state index is 0.122. The molecule has 0 fully saturated rings. The lowest BCUT2D eigenvalue weighted by Gasteiger charge is -2.22. The van der Waals surface area contributed by atoms with Gasteiger partial charge in [-0.15, -0.1) is 0 Å². The van der Waals surface area contributed by atoms with E-state index in [1.54, 1.807) is 19.1 Å². The largest absolute Gasteiger partial charge is 0.462 e. The lowest BCUT2D eigenvalue weighted by molar-refractivity contribution is -0.114. The van der Waals surface area contributed by atoms with Gasteiger partial charge in [0, 0.05) is 5.69 Å². The molecule has 0 saturated heterocycles. The number of nitrogens with zero attached hydrogens (tertiary/aromatic N) is 1. The van der Waals surface area contributed by atoms with Crippen LogP contribution in [0.2, 0.25) is 5.02 Å². The number of hydrogen-bond acceptors (Lipinski definition) is 5. The molecular formula is C20H23ClN2O5S. The molecule has 0 aromatic heterocycles. The van der Waals surface area contributed by atoms with Crippen LogP contribution in [0.3, 0.4) is 0 Å². The van der Waals surface area contributed by atoms with Gasteiger partial charge in [0.1, 0.15) is 6.54 Å². The van der Waals surface area contributed by atoms with Crippen LogP contribution in [0.1, 0.15) is 29.8 Å². The summed E-state index contributed by atoms with van der Waals surface area (Å²) in [6.45, 7) is 3.49. The van der Waals surface area contributed by atoms with Crippen molar-refractivity contribution in [2.45, 2.75) is 20.3 Å². The summed E-state index contributed by atoms with van der Waals surface area (Å²) in [6.07, 6.45) is 1.86. The molecule has 9 heteroatoms. The summed E-state index contributed by atoms with van der Waals surface area (Å²) in [5.74, 6) is -1.11. The Hall–Kier alpha value is -2.58. The fourth-order valence-electron chi connectivity index (χ4n) is 2.60. The Bertz CT molecular complexity index is 990. The lowest BCUT2D eigenvalue weighted by Crippen LogP contribution is -2.37. The number of benzene rings is 2. The first kappa shape index (κ1) is 22.7. The van der Waals surface area contributed by atoms with Crippen LogP contribution in [-0.4, -0.2) is 39.7 Å². The summed E-state index contributed by atoms with van der Waals surface area (Å²) in [7, 11) is -3.67. The van der Waals surface area contributed by atoms with Crippen molar-refractivity contribution in [1.82, 2.24) is 0 Å². The van der Waals surface area contributed by atoms with Crippen LogP contribution in [0, 0.1) is 0 Å². The highest BCUT2D eigenvalue weighted by molar-refractivity contribution is 7.92. The second-order valence-corrected chi connectivity index (χ2v) is 8.57. The summed E-state index contributed by atoms with van der Waals surface area (Å²) in [5, 5.41) is 2.72. The third-order valence-electron chi connectivity index (χ3n) is 4.07. The number of hydrogen-bond donors (Lipinski definition) is 1. The predicted octanol–water partition coefficient (Wildman–Crippen LogP) is 3.48. The topological polar surface area (TPSA) is 92.8 Å². The first-order valence-electron chi connectivity index (χ1n) is 8.98. The molecule has 0 heterocycles. The van der Waals surface area contributed by atoms with Crippen LogP contribution < -0.4 is 9.62 Å². The Morgan fingerprint density at radius 3 is 2.28 bits per heavy atom. The van der Waals surface area contributed by atoms with E-state index in [2.05, 4.69) is 5.32 Å². The SMILES string of the molecule is CCOC(=O)c1ccc(NC(=O)CN(c2ccc(CC)cc2)S(C)(=O)=O)cc1Cl. The number of sulfonamides is 1. The molecule has 1 N–H and O–H groups in total. The van der Waals surface area contributed by atoms with E-state index in [9.17, 15) is 18.0 Å². The molecule has 156 valence electrons. The van der Waals surface area contributed by atoms with Gasteiger partial charge in [0.05, 0.1) is 29.1 Å². The van der Waals surface area contributed by atoms with Crippen LogP contribution in [0.4, 0.5) is 11.4 Å². The third kappa shape index (κ3) is 6.20. The first-order valence-corrected chi connectivity index (χ1v) is 11.2. The average molecular weight is 439 g/mol. The number of nitrogens with one attached hydrogen (secondary N) is 1. The second-order valence-electron chi connectivity index (χ2n) is 6.25. The number of amides is 1. The zero-order chi connectivity index (χ0) is 21.6. The van der Waals surface area contributed by atoms with E-state index in [4.69, 9.17) is 16.3 Å². The van der Waals surface area contributed by atoms with Crippen molar-refractivity contribution in [2.24, 2.45) is 0 Å². The smallest absolute Gasteiger partial charge is 0.339 e. The highest BCUT2D eigenvalue weighted by Gasteiger charge is 2.21. The number of esters is 1. The van der Waals surface area contributed by atoms with Crippen molar-refractivity contribution < 1.29 is 22.7 Å². The number of carbonyl (C=O) groups excluding carboxylic acids is 2. The first-order chi connectivity index (χ1) is 13.7. The van der Waals surface area contributed by atoms with Gasteiger partial charge in [-0.1, -0.05) is 30.7 Å². The summed E-state index contributed by atoms with van der Waals surface area (Å²) < 4.78 is 30.3. The van der Waals surface area contributed by atoms with Crippen molar-refractivity contribution in [1.29, 1.82) is 0 Å². The molecule has 29 heavy (non-hydrogen) atoms. The predicted molar refractivity (Wildman–Crippen MR) is 114 cm³/mol. The van der Waals surface area contributed by atoms with E-state index in [1.165, 1.54) is 18.2 Å². The van der Waals surface area contributed by atoms with Crippen molar-refractivity contribution in [3.63, 3.8) is 0 Å². The molecule has 1 amide bonds. The maximum Gasteiger partial charge on any atom is 0.339 e. The van der Waals surface area contributed by atoms with Crippen LogP contribution in [0.25, 0.3) is 0 Å². The highest BCUT2D eigenvalue weighted by Crippen LogP contribution is 2.23. The molecule has 0 bridgehead atoms. The van der Waals surface area contributed by atoms with Gasteiger partial charge in [0.15, 0.2) is 0 Å². The number of anilines is 2. The molecule has 0 spiro atoms. The van der Waals surface area contributed by atoms with E-state index in [0.29, 0.717) is 11.4 Å². The van der Waals surface area contributed by atoms with Crippen LogP contribution >= 0.6 is 11.6 Å². The van der Waals surface area contributed by atoms with E-state index in [0.717, 1.165) is 22.5 Å². The van der Waals surface area contributed by atoms with E-state index in [-0.39, 0.29) is 17.2 Å². The number of carbonyl (C=O) groups is 2. The zero-order valence-electron chi connectivity index (χ0n) is 16.4. The van der Waals surface area contributed by atoms with Gasteiger partial charge in [0.25, 0.3) is 0 Å². The van der Waals surface area contributed by atoms with Crippen molar-refractivity contribution in [3.05, 3.63) is 58.6 Å². The maximum atomic E-state index is 12.4. The van der Waals surface area contributed by atoms with Crippen molar-refractivity contribution >= 4 is 44.9 Å². The Kier molecular flexibility index (Phi) is 7.64. The number of ether oxygens (including phenoxy) is 1. The number of halogens is 1. The maximum absolute atomic E-state index is 12.4. The molecule has 2 aromatic carbocycles. The fourth-order valence-corrected chi connectivity index (χ4v) is 3.71. The van der Waals surface area contributed by atoms with Crippen molar-refractivity contribution in [2.75, 3.05) is 29.0 Å². The van der Waals surface area contributed by atoms with Crippen LogP contribution in [0.15, 0.2) is 42.5 Å². The Morgan fingerprint density at radius 2 is 1.76 bits per heavy atom. The summed E-state index contributed by atoms with van der Waals surface area (Å²) in [6, 6.07) is 11.3. The highest BCUT2D eigenvalue weighted by atomic mass is 35.5. The minimum Gasteiger partial charge on any atom is -0.462 e. The number of aryl methyl sites for hydroxylation is 1. The van der Waals surface area contributed by atoms with Gasteiger partial charge in [-0.2, -0.15) is 0 Å². The molecular weight excluding hydrogens is 416 g/mol. The van der Waals surface area contributed by atoms with Gasteiger partial charge in [-0.3, -0.25) is 9.10 Å². The Balaban J connectivity index is 2.16. The summed E-state index contributed by atoms with van der Waals surface area (Å²) in [4.78, 5) is 24.2. The van der Waals surface area contributed by atoms with Gasteiger partial charge in [0.2, 0.25) is 15.9 Å².